The van der Waals surface area contributed by atoms with Crippen molar-refractivity contribution in [1.82, 2.24) is 0 Å². The number of benzene rings is 1. The topological polar surface area (TPSA) is 104 Å². The van der Waals surface area contributed by atoms with E-state index in [-0.39, 0.29) is 30.3 Å². The summed E-state index contributed by atoms with van der Waals surface area (Å²) in [5.41, 5.74) is 1.02. The van der Waals surface area contributed by atoms with Gasteiger partial charge in [-0.15, -0.1) is 0 Å². The summed E-state index contributed by atoms with van der Waals surface area (Å²) >= 11 is 0. The van der Waals surface area contributed by atoms with Crippen molar-refractivity contribution in [2.75, 3.05) is 6.61 Å². The van der Waals surface area contributed by atoms with Gasteiger partial charge in [0.15, 0.2) is 0 Å². The van der Waals surface area contributed by atoms with Gasteiger partial charge < -0.3 is 4.74 Å². The van der Waals surface area contributed by atoms with E-state index in [4.69, 9.17) is 15.3 Å². The Morgan fingerprint density at radius 2 is 1.26 bits per heavy atom. The first-order valence-electron chi connectivity index (χ1n) is 6.84. The first-order valence-corrected chi connectivity index (χ1v) is 6.84. The van der Waals surface area contributed by atoms with Crippen LogP contribution in [0.25, 0.3) is 0 Å². The van der Waals surface area contributed by atoms with Gasteiger partial charge in [-0.05, 0) is 12.0 Å². The highest BCUT2D eigenvalue weighted by molar-refractivity contribution is 5.77. The zero-order chi connectivity index (χ0) is 16.7. The molecule has 1 aliphatic carbocycles. The largest absolute Gasteiger partial charge is 0.377 e. The summed E-state index contributed by atoms with van der Waals surface area (Å²) in [5, 5.41) is 36.7. The standard InChI is InChI=1S/C18H11N4O/c19-8-15-14(16(9-20)18(11-22)17(15)10-21)6-7-23-12-13-4-2-1-3-5-13/h1-5H,6-7,12H2. The minimum atomic E-state index is -0.0235. The Balaban J connectivity index is 1.97. The second-order valence-electron chi connectivity index (χ2n) is 4.71. The maximum absolute atomic E-state index is 9.23. The van der Waals surface area contributed by atoms with E-state index in [0.717, 1.165) is 5.56 Å². The van der Waals surface area contributed by atoms with E-state index in [1.54, 1.807) is 0 Å². The fraction of sp³-hybridized carbons (Fsp3) is 0.167. The summed E-state index contributed by atoms with van der Waals surface area (Å²) in [6.45, 7) is 0.708. The average Bonchev–Trinajstić information content (AvgIpc) is 2.91. The number of nitrogens with zero attached hydrogens (tertiary/aromatic N) is 4. The molecule has 1 fully saturated rings. The Labute approximate surface area is 135 Å². The summed E-state index contributed by atoms with van der Waals surface area (Å²) in [6.07, 6.45) is 0.301. The summed E-state index contributed by atoms with van der Waals surface area (Å²) in [6, 6.07) is 17.1. The van der Waals surface area contributed by atoms with Crippen LogP contribution in [0, 0.1) is 74.9 Å². The highest BCUT2D eigenvalue weighted by atomic mass is 16.5. The van der Waals surface area contributed by atoms with E-state index in [2.05, 4.69) is 0 Å². The van der Waals surface area contributed by atoms with Crippen molar-refractivity contribution >= 4 is 0 Å². The highest BCUT2D eigenvalue weighted by Gasteiger charge is 2.54. The summed E-state index contributed by atoms with van der Waals surface area (Å²) < 4.78 is 5.55. The van der Waals surface area contributed by atoms with E-state index >= 15 is 0 Å². The predicted molar refractivity (Wildman–Crippen MR) is 79.4 cm³/mol. The van der Waals surface area contributed by atoms with Crippen LogP contribution in [0.15, 0.2) is 30.3 Å². The normalized spacial score (nSPS) is 17.2. The SMILES string of the molecule is N#C[C]1[C](C#N)[C](C#N)[C](CCOCc2ccccc2)[C]1C#N. The maximum Gasteiger partial charge on any atom is 0.122 e. The van der Waals surface area contributed by atoms with Crippen molar-refractivity contribution in [3.05, 3.63) is 65.5 Å². The molecule has 0 bridgehead atoms. The van der Waals surface area contributed by atoms with Crippen LogP contribution in [-0.4, -0.2) is 6.61 Å². The Kier molecular flexibility index (Phi) is 5.71. The molecular formula is C18H11N4O. The molecule has 1 aromatic carbocycles. The Hall–Kier alpha value is -2.86. The van der Waals surface area contributed by atoms with E-state index in [1.807, 2.05) is 54.6 Å². The molecule has 0 aliphatic heterocycles. The Morgan fingerprint density at radius 1 is 0.739 bits per heavy atom. The molecule has 0 saturated heterocycles. The molecule has 0 spiro atoms. The molecule has 1 aromatic rings. The van der Waals surface area contributed by atoms with Crippen molar-refractivity contribution in [2.24, 2.45) is 0 Å². The van der Waals surface area contributed by atoms with Crippen LogP contribution in [0.4, 0.5) is 0 Å². The summed E-state index contributed by atoms with van der Waals surface area (Å²) in [7, 11) is 0. The van der Waals surface area contributed by atoms with E-state index < -0.39 is 0 Å². The number of hydrogen-bond donors (Lipinski definition) is 0. The van der Waals surface area contributed by atoms with Crippen molar-refractivity contribution in [2.45, 2.75) is 13.0 Å². The van der Waals surface area contributed by atoms with Gasteiger partial charge in [-0.1, -0.05) is 30.3 Å². The number of hydrogen-bond acceptors (Lipinski definition) is 5. The van der Waals surface area contributed by atoms with Crippen molar-refractivity contribution in [3.8, 4) is 24.3 Å². The molecule has 2 rings (SSSR count). The monoisotopic (exact) mass is 299 g/mol. The molecule has 0 unspecified atom stereocenters. The van der Waals surface area contributed by atoms with Crippen LogP contribution < -0.4 is 0 Å². The molecule has 23 heavy (non-hydrogen) atoms. The third-order valence-electron chi connectivity index (χ3n) is 3.41. The average molecular weight is 299 g/mol. The molecule has 0 heterocycles. The van der Waals surface area contributed by atoms with Crippen molar-refractivity contribution in [3.63, 3.8) is 0 Å². The van der Waals surface area contributed by atoms with Gasteiger partial charge in [-0.25, -0.2) is 0 Å². The molecule has 5 heteroatoms. The van der Waals surface area contributed by atoms with Crippen LogP contribution in [0.5, 0.6) is 0 Å². The van der Waals surface area contributed by atoms with E-state index in [0.29, 0.717) is 18.9 Å². The lowest BCUT2D eigenvalue weighted by atomic mass is 9.86. The minimum Gasteiger partial charge on any atom is -0.377 e. The van der Waals surface area contributed by atoms with E-state index in [1.165, 1.54) is 0 Å². The lowest BCUT2D eigenvalue weighted by Gasteiger charge is -2.14. The molecule has 0 amide bonds. The Bertz CT molecular complexity index is 651. The zero-order valence-corrected chi connectivity index (χ0v) is 12.2. The molecule has 1 saturated carbocycles. The van der Waals surface area contributed by atoms with Crippen LogP contribution in [0.3, 0.4) is 0 Å². The molecule has 109 valence electrons. The van der Waals surface area contributed by atoms with Crippen molar-refractivity contribution < 1.29 is 4.74 Å². The smallest absolute Gasteiger partial charge is 0.122 e. The number of nitriles is 4. The fourth-order valence-corrected chi connectivity index (χ4v) is 2.34. The van der Waals surface area contributed by atoms with Crippen LogP contribution in [0.2, 0.25) is 0 Å². The highest BCUT2D eigenvalue weighted by Crippen LogP contribution is 2.53. The van der Waals surface area contributed by atoms with Gasteiger partial charge in [0.1, 0.15) is 23.7 Å². The van der Waals surface area contributed by atoms with Gasteiger partial charge >= 0.3 is 0 Å². The third-order valence-corrected chi connectivity index (χ3v) is 3.41. The molecule has 5 nitrogen and oxygen atoms in total. The van der Waals surface area contributed by atoms with E-state index in [9.17, 15) is 10.5 Å². The van der Waals surface area contributed by atoms with Crippen LogP contribution in [-0.2, 0) is 11.3 Å². The van der Waals surface area contributed by atoms with Gasteiger partial charge in [0, 0.05) is 12.5 Å². The van der Waals surface area contributed by atoms with Gasteiger partial charge in [-0.2, -0.15) is 21.0 Å². The fourth-order valence-electron chi connectivity index (χ4n) is 2.34. The summed E-state index contributed by atoms with van der Waals surface area (Å²) in [4.78, 5) is 0. The lowest BCUT2D eigenvalue weighted by Crippen LogP contribution is -2.12. The second-order valence-corrected chi connectivity index (χ2v) is 4.71. The lowest BCUT2D eigenvalue weighted by molar-refractivity contribution is 0.121. The second kappa shape index (κ2) is 7.95. The molecule has 0 N–H and O–H groups in total. The predicted octanol–water partition coefficient (Wildman–Crippen LogP) is 2.57. The summed E-state index contributed by atoms with van der Waals surface area (Å²) in [5.74, 6) is 0.568. The molecule has 0 aromatic heterocycles. The first kappa shape index (κ1) is 16.5. The third kappa shape index (κ3) is 3.49. The molecule has 0 atom stereocenters. The molecular weight excluding hydrogens is 288 g/mol. The minimum absolute atomic E-state index is 0.0235. The van der Waals surface area contributed by atoms with Crippen LogP contribution in [0.1, 0.15) is 12.0 Å². The maximum atomic E-state index is 9.23. The zero-order valence-electron chi connectivity index (χ0n) is 12.2. The van der Waals surface area contributed by atoms with Gasteiger partial charge in [0.05, 0.1) is 30.9 Å². The number of ether oxygens (including phenoxy) is 1. The molecule has 1 aliphatic rings. The number of rotatable bonds is 5. The van der Waals surface area contributed by atoms with Gasteiger partial charge in [-0.3, -0.25) is 0 Å². The van der Waals surface area contributed by atoms with Gasteiger partial charge in [0.25, 0.3) is 0 Å². The van der Waals surface area contributed by atoms with Gasteiger partial charge in [0.2, 0.25) is 0 Å². The van der Waals surface area contributed by atoms with Crippen molar-refractivity contribution in [1.29, 1.82) is 21.0 Å². The Morgan fingerprint density at radius 3 is 1.74 bits per heavy atom. The molecule has 5 radical (unpaired) electrons. The first-order chi connectivity index (χ1) is 11.3. The quantitative estimate of drug-likeness (QED) is 0.777. The van der Waals surface area contributed by atoms with Crippen LogP contribution >= 0.6 is 0 Å².